The third kappa shape index (κ3) is 4.88. The van der Waals surface area contributed by atoms with E-state index in [2.05, 4.69) is 12.2 Å². The summed E-state index contributed by atoms with van der Waals surface area (Å²) in [5.41, 5.74) is 1.21. The molecular formula is C20H20Cl2N2O4. The van der Waals surface area contributed by atoms with Gasteiger partial charge < -0.3 is 19.7 Å². The summed E-state index contributed by atoms with van der Waals surface area (Å²) in [7, 11) is 0. The normalized spacial score (nSPS) is 13.0. The number of carbonyl (C=O) groups excluding carboxylic acids is 2. The molecule has 1 aliphatic rings. The molecule has 1 heterocycles. The maximum atomic E-state index is 12.2. The zero-order valence-electron chi connectivity index (χ0n) is 15.3. The Morgan fingerprint density at radius 1 is 1.25 bits per heavy atom. The minimum atomic E-state index is -0.353. The Morgan fingerprint density at radius 2 is 2.07 bits per heavy atom. The molecule has 2 amide bonds. The molecule has 0 bridgehead atoms. The van der Waals surface area contributed by atoms with Gasteiger partial charge in [0.1, 0.15) is 11.5 Å². The Bertz CT molecular complexity index is 889. The van der Waals surface area contributed by atoms with E-state index >= 15 is 0 Å². The van der Waals surface area contributed by atoms with Crippen LogP contribution >= 0.6 is 23.2 Å². The SMILES string of the molecule is CCCCN1C(=O)COc2ccc(NC(=O)COc3ccc(Cl)cc3Cl)cc21. The molecule has 0 saturated carbocycles. The number of halogens is 2. The van der Waals surface area contributed by atoms with Gasteiger partial charge in [-0.3, -0.25) is 9.59 Å². The van der Waals surface area contributed by atoms with Crippen LogP contribution in [0.25, 0.3) is 0 Å². The Morgan fingerprint density at radius 3 is 2.82 bits per heavy atom. The van der Waals surface area contributed by atoms with Gasteiger partial charge in [0.2, 0.25) is 0 Å². The van der Waals surface area contributed by atoms with E-state index in [0.29, 0.717) is 39.5 Å². The third-order valence-electron chi connectivity index (χ3n) is 4.17. The molecule has 0 aliphatic carbocycles. The van der Waals surface area contributed by atoms with Crippen molar-refractivity contribution in [1.82, 2.24) is 0 Å². The highest BCUT2D eigenvalue weighted by atomic mass is 35.5. The summed E-state index contributed by atoms with van der Waals surface area (Å²) in [6.45, 7) is 2.49. The Kier molecular flexibility index (Phi) is 6.65. The summed E-state index contributed by atoms with van der Waals surface area (Å²) < 4.78 is 10.9. The Labute approximate surface area is 173 Å². The van der Waals surface area contributed by atoms with Crippen molar-refractivity contribution in [3.8, 4) is 11.5 Å². The van der Waals surface area contributed by atoms with E-state index in [9.17, 15) is 9.59 Å². The van der Waals surface area contributed by atoms with Crippen LogP contribution in [-0.4, -0.2) is 31.6 Å². The predicted molar refractivity (Wildman–Crippen MR) is 110 cm³/mol. The summed E-state index contributed by atoms with van der Waals surface area (Å²) in [6.07, 6.45) is 1.86. The quantitative estimate of drug-likeness (QED) is 0.710. The van der Waals surface area contributed by atoms with Gasteiger partial charge in [-0.05, 0) is 42.8 Å². The fourth-order valence-corrected chi connectivity index (χ4v) is 3.24. The van der Waals surface area contributed by atoms with Crippen molar-refractivity contribution in [3.05, 3.63) is 46.4 Å². The molecule has 2 aromatic carbocycles. The minimum Gasteiger partial charge on any atom is -0.482 e. The highest BCUT2D eigenvalue weighted by molar-refractivity contribution is 6.35. The molecule has 0 aromatic heterocycles. The molecule has 148 valence electrons. The molecule has 8 heteroatoms. The van der Waals surface area contributed by atoms with Gasteiger partial charge in [-0.15, -0.1) is 0 Å². The Balaban J connectivity index is 1.66. The van der Waals surface area contributed by atoms with Gasteiger partial charge in [0.15, 0.2) is 13.2 Å². The summed E-state index contributed by atoms with van der Waals surface area (Å²) >= 11 is 11.9. The highest BCUT2D eigenvalue weighted by Crippen LogP contribution is 2.35. The molecule has 0 radical (unpaired) electrons. The maximum absolute atomic E-state index is 12.2. The van der Waals surface area contributed by atoms with E-state index < -0.39 is 0 Å². The lowest BCUT2D eigenvalue weighted by Gasteiger charge is -2.29. The number of fused-ring (bicyclic) bond motifs is 1. The van der Waals surface area contributed by atoms with Gasteiger partial charge in [-0.2, -0.15) is 0 Å². The number of anilines is 2. The lowest BCUT2D eigenvalue weighted by Crippen LogP contribution is -2.39. The van der Waals surface area contributed by atoms with Crippen molar-refractivity contribution in [2.75, 3.05) is 30.0 Å². The zero-order chi connectivity index (χ0) is 20.1. The Hall–Kier alpha value is -2.44. The number of hydrogen-bond acceptors (Lipinski definition) is 4. The first kappa shape index (κ1) is 20.3. The standard InChI is InChI=1S/C20H20Cl2N2O4/c1-2-3-8-24-16-10-14(5-7-18(16)28-12-20(24)26)23-19(25)11-27-17-6-4-13(21)9-15(17)22/h4-7,9-10H,2-3,8,11-12H2,1H3,(H,23,25). The predicted octanol–water partition coefficient (Wildman–Crippen LogP) is 4.54. The van der Waals surface area contributed by atoms with Crippen LogP contribution < -0.4 is 19.7 Å². The second-order valence-electron chi connectivity index (χ2n) is 6.28. The van der Waals surface area contributed by atoms with Crippen molar-refractivity contribution in [3.63, 3.8) is 0 Å². The van der Waals surface area contributed by atoms with Gasteiger partial charge in [0, 0.05) is 17.3 Å². The summed E-state index contributed by atoms with van der Waals surface area (Å²) in [6, 6.07) is 9.97. The van der Waals surface area contributed by atoms with Gasteiger partial charge in [-0.25, -0.2) is 0 Å². The summed E-state index contributed by atoms with van der Waals surface area (Å²) in [5, 5.41) is 3.57. The van der Waals surface area contributed by atoms with E-state index in [-0.39, 0.29) is 25.0 Å². The van der Waals surface area contributed by atoms with Crippen molar-refractivity contribution in [2.24, 2.45) is 0 Å². The van der Waals surface area contributed by atoms with Crippen LogP contribution in [0.1, 0.15) is 19.8 Å². The molecule has 0 atom stereocenters. The molecule has 6 nitrogen and oxygen atoms in total. The van der Waals surface area contributed by atoms with Gasteiger partial charge in [-0.1, -0.05) is 36.5 Å². The molecular weight excluding hydrogens is 403 g/mol. The number of unbranched alkanes of at least 4 members (excludes halogenated alkanes) is 1. The number of carbonyl (C=O) groups is 2. The van der Waals surface area contributed by atoms with Crippen LogP contribution in [-0.2, 0) is 9.59 Å². The first-order valence-electron chi connectivity index (χ1n) is 8.93. The lowest BCUT2D eigenvalue weighted by atomic mass is 10.2. The first-order valence-corrected chi connectivity index (χ1v) is 9.68. The number of nitrogens with one attached hydrogen (secondary N) is 1. The largest absolute Gasteiger partial charge is 0.482 e. The number of nitrogens with zero attached hydrogens (tertiary/aromatic N) is 1. The van der Waals surface area contributed by atoms with Crippen LogP contribution in [0.5, 0.6) is 11.5 Å². The zero-order valence-corrected chi connectivity index (χ0v) is 16.8. The topological polar surface area (TPSA) is 67.9 Å². The van der Waals surface area contributed by atoms with E-state index in [1.165, 1.54) is 0 Å². The fourth-order valence-electron chi connectivity index (χ4n) is 2.77. The average molecular weight is 423 g/mol. The molecule has 1 N–H and O–H groups in total. The molecule has 3 rings (SSSR count). The van der Waals surface area contributed by atoms with Crippen LogP contribution in [0.4, 0.5) is 11.4 Å². The number of benzene rings is 2. The summed E-state index contributed by atoms with van der Waals surface area (Å²) in [4.78, 5) is 26.1. The van der Waals surface area contributed by atoms with E-state index in [1.807, 2.05) is 0 Å². The number of rotatable bonds is 7. The van der Waals surface area contributed by atoms with E-state index in [0.717, 1.165) is 12.8 Å². The number of amides is 2. The van der Waals surface area contributed by atoms with Crippen molar-refractivity contribution >= 4 is 46.4 Å². The molecule has 2 aromatic rings. The number of hydrogen-bond donors (Lipinski definition) is 1. The minimum absolute atomic E-state index is 0.0259. The first-order chi connectivity index (χ1) is 13.5. The smallest absolute Gasteiger partial charge is 0.265 e. The maximum Gasteiger partial charge on any atom is 0.265 e. The van der Waals surface area contributed by atoms with Crippen LogP contribution in [0, 0.1) is 0 Å². The van der Waals surface area contributed by atoms with Crippen LogP contribution in [0.2, 0.25) is 10.0 Å². The van der Waals surface area contributed by atoms with Crippen molar-refractivity contribution in [2.45, 2.75) is 19.8 Å². The second-order valence-corrected chi connectivity index (χ2v) is 7.13. The van der Waals surface area contributed by atoms with Gasteiger partial charge in [0.25, 0.3) is 11.8 Å². The lowest BCUT2D eigenvalue weighted by molar-refractivity contribution is -0.121. The molecule has 0 fully saturated rings. The molecule has 0 unspecified atom stereocenters. The van der Waals surface area contributed by atoms with E-state index in [1.54, 1.807) is 41.3 Å². The van der Waals surface area contributed by atoms with Crippen molar-refractivity contribution < 1.29 is 19.1 Å². The molecule has 28 heavy (non-hydrogen) atoms. The van der Waals surface area contributed by atoms with Crippen LogP contribution in [0.15, 0.2) is 36.4 Å². The molecule has 1 aliphatic heterocycles. The third-order valence-corrected chi connectivity index (χ3v) is 4.70. The average Bonchev–Trinajstić information content (AvgIpc) is 2.66. The van der Waals surface area contributed by atoms with Gasteiger partial charge in [0.05, 0.1) is 10.7 Å². The molecule has 0 spiro atoms. The second kappa shape index (κ2) is 9.17. The number of ether oxygens (including phenoxy) is 2. The molecule has 0 saturated heterocycles. The van der Waals surface area contributed by atoms with Gasteiger partial charge >= 0.3 is 0 Å². The highest BCUT2D eigenvalue weighted by Gasteiger charge is 2.25. The summed E-state index contributed by atoms with van der Waals surface area (Å²) in [5.74, 6) is 0.550. The van der Waals surface area contributed by atoms with Crippen LogP contribution in [0.3, 0.4) is 0 Å². The van der Waals surface area contributed by atoms with E-state index in [4.69, 9.17) is 32.7 Å². The fraction of sp³-hybridized carbons (Fsp3) is 0.300. The monoisotopic (exact) mass is 422 g/mol. The van der Waals surface area contributed by atoms with Crippen molar-refractivity contribution in [1.29, 1.82) is 0 Å².